The smallest absolute Gasteiger partial charge is 0.258 e. The van der Waals surface area contributed by atoms with Crippen LogP contribution in [0.25, 0.3) is 0 Å². The Balaban J connectivity index is 1.84. The van der Waals surface area contributed by atoms with E-state index in [1.165, 1.54) is 6.33 Å². The predicted octanol–water partition coefficient (Wildman–Crippen LogP) is 2.38. The van der Waals surface area contributed by atoms with E-state index in [0.29, 0.717) is 12.5 Å². The molecule has 0 aliphatic rings. The van der Waals surface area contributed by atoms with Crippen LogP contribution < -0.4 is 10.1 Å². The van der Waals surface area contributed by atoms with E-state index >= 15 is 0 Å². The zero-order valence-corrected chi connectivity index (χ0v) is 13.9. The highest BCUT2D eigenvalue weighted by molar-refractivity contribution is 5.77. The molecular weight excluding hydrogens is 292 g/mol. The molecule has 124 valence electrons. The van der Waals surface area contributed by atoms with Gasteiger partial charge in [0.2, 0.25) is 0 Å². The molecule has 1 aromatic carbocycles. The van der Waals surface area contributed by atoms with Gasteiger partial charge < -0.3 is 10.1 Å². The first-order valence-electron chi connectivity index (χ1n) is 7.93. The second-order valence-electron chi connectivity index (χ2n) is 5.72. The van der Waals surface area contributed by atoms with Gasteiger partial charge in [-0.25, -0.2) is 4.98 Å². The zero-order valence-electron chi connectivity index (χ0n) is 13.9. The minimum absolute atomic E-state index is 0.00907. The van der Waals surface area contributed by atoms with Crippen LogP contribution in [0.2, 0.25) is 0 Å². The van der Waals surface area contributed by atoms with E-state index < -0.39 is 0 Å². The molecule has 2 rings (SSSR count). The number of nitrogens with zero attached hydrogens (tertiary/aromatic N) is 3. The molecule has 2 atom stereocenters. The summed E-state index contributed by atoms with van der Waals surface area (Å²) in [5, 5.41) is 6.92. The summed E-state index contributed by atoms with van der Waals surface area (Å²) < 4.78 is 7.40. The maximum Gasteiger partial charge on any atom is 0.258 e. The number of ether oxygens (including phenoxy) is 1. The van der Waals surface area contributed by atoms with Crippen LogP contribution in [0.5, 0.6) is 5.75 Å². The number of hydrogen-bond acceptors (Lipinski definition) is 4. The molecule has 0 aliphatic carbocycles. The first kappa shape index (κ1) is 17.0. The average Bonchev–Trinajstić information content (AvgIpc) is 3.05. The molecule has 1 amide bonds. The van der Waals surface area contributed by atoms with Crippen LogP contribution in [0.15, 0.2) is 36.9 Å². The largest absolute Gasteiger partial charge is 0.483 e. The molecule has 6 nitrogen and oxygen atoms in total. The second-order valence-corrected chi connectivity index (χ2v) is 5.72. The number of benzene rings is 1. The maximum atomic E-state index is 12.0. The van der Waals surface area contributed by atoms with Gasteiger partial charge in [0.05, 0.1) is 6.54 Å². The van der Waals surface area contributed by atoms with Gasteiger partial charge >= 0.3 is 0 Å². The van der Waals surface area contributed by atoms with Crippen LogP contribution in [0.4, 0.5) is 0 Å². The van der Waals surface area contributed by atoms with Crippen molar-refractivity contribution in [1.29, 1.82) is 0 Å². The molecule has 0 aliphatic heterocycles. The van der Waals surface area contributed by atoms with E-state index in [-0.39, 0.29) is 18.6 Å². The summed E-state index contributed by atoms with van der Waals surface area (Å²) in [5.74, 6) is 1.04. The lowest BCUT2D eigenvalue weighted by atomic mass is 9.98. The van der Waals surface area contributed by atoms with Crippen molar-refractivity contribution in [3.05, 3.63) is 42.5 Å². The number of carbonyl (C=O) groups excluding carboxylic acids is 1. The quantitative estimate of drug-likeness (QED) is 0.812. The number of para-hydroxylation sites is 1. The van der Waals surface area contributed by atoms with Crippen molar-refractivity contribution in [2.24, 2.45) is 0 Å². The van der Waals surface area contributed by atoms with Crippen LogP contribution in [0.3, 0.4) is 0 Å². The zero-order chi connectivity index (χ0) is 16.7. The third-order valence-corrected chi connectivity index (χ3v) is 3.76. The second kappa shape index (κ2) is 8.31. The fourth-order valence-corrected chi connectivity index (χ4v) is 2.35. The number of nitrogens with one attached hydrogen (secondary N) is 1. The standard InChI is InChI=1S/C17H24N4O2/c1-4-13(2)15-7-5-6-8-16(15)23-10-17(22)20-14(3)9-21-12-18-11-19-21/h5-8,11-14H,4,9-10H2,1-3H3,(H,20,22). The normalized spacial score (nSPS) is 13.3. The number of amides is 1. The predicted molar refractivity (Wildman–Crippen MR) is 88.3 cm³/mol. The first-order chi connectivity index (χ1) is 11.1. The summed E-state index contributed by atoms with van der Waals surface area (Å²) in [6.07, 6.45) is 4.13. The molecule has 6 heteroatoms. The van der Waals surface area contributed by atoms with E-state index in [0.717, 1.165) is 17.7 Å². The Hall–Kier alpha value is -2.37. The maximum absolute atomic E-state index is 12.0. The molecule has 0 bridgehead atoms. The van der Waals surface area contributed by atoms with E-state index in [1.807, 2.05) is 25.1 Å². The van der Waals surface area contributed by atoms with Gasteiger partial charge in [0, 0.05) is 6.04 Å². The van der Waals surface area contributed by atoms with Crippen LogP contribution in [-0.4, -0.2) is 33.3 Å². The molecule has 0 saturated heterocycles. The van der Waals surface area contributed by atoms with Gasteiger partial charge in [0.15, 0.2) is 6.61 Å². The van der Waals surface area contributed by atoms with Gasteiger partial charge in [-0.1, -0.05) is 32.0 Å². The van der Waals surface area contributed by atoms with Gasteiger partial charge in [0.25, 0.3) is 5.91 Å². The topological polar surface area (TPSA) is 69.0 Å². The van der Waals surface area contributed by atoms with Crippen LogP contribution in [-0.2, 0) is 11.3 Å². The fraction of sp³-hybridized carbons (Fsp3) is 0.471. The minimum atomic E-state index is -0.142. The third kappa shape index (κ3) is 5.09. The van der Waals surface area contributed by atoms with Crippen LogP contribution >= 0.6 is 0 Å². The summed E-state index contributed by atoms with van der Waals surface area (Å²) in [6, 6.07) is 7.83. The van der Waals surface area contributed by atoms with Gasteiger partial charge in [-0.2, -0.15) is 5.10 Å². The molecule has 1 heterocycles. The SMILES string of the molecule is CCC(C)c1ccccc1OCC(=O)NC(C)Cn1cncn1. The Bertz CT molecular complexity index is 613. The molecule has 0 spiro atoms. The minimum Gasteiger partial charge on any atom is -0.483 e. The Morgan fingerprint density at radius 1 is 1.35 bits per heavy atom. The molecule has 2 aromatic rings. The molecule has 23 heavy (non-hydrogen) atoms. The van der Waals surface area contributed by atoms with Gasteiger partial charge in [-0.15, -0.1) is 0 Å². The van der Waals surface area contributed by atoms with E-state index in [4.69, 9.17) is 4.74 Å². The highest BCUT2D eigenvalue weighted by atomic mass is 16.5. The van der Waals surface area contributed by atoms with Crippen molar-refractivity contribution in [2.45, 2.75) is 45.7 Å². The third-order valence-electron chi connectivity index (χ3n) is 3.76. The van der Waals surface area contributed by atoms with Crippen molar-refractivity contribution >= 4 is 5.91 Å². The number of carbonyl (C=O) groups is 1. The first-order valence-corrected chi connectivity index (χ1v) is 7.93. The van der Waals surface area contributed by atoms with Crippen molar-refractivity contribution in [3.8, 4) is 5.75 Å². The summed E-state index contributed by atoms with van der Waals surface area (Å²) >= 11 is 0. The van der Waals surface area contributed by atoms with Crippen molar-refractivity contribution in [3.63, 3.8) is 0 Å². The lowest BCUT2D eigenvalue weighted by Gasteiger charge is -2.17. The van der Waals surface area contributed by atoms with Gasteiger partial charge in [-0.05, 0) is 30.9 Å². The molecule has 2 unspecified atom stereocenters. The Kier molecular flexibility index (Phi) is 6.14. The summed E-state index contributed by atoms with van der Waals surface area (Å²) in [4.78, 5) is 15.9. The lowest BCUT2D eigenvalue weighted by Crippen LogP contribution is -2.38. The van der Waals surface area contributed by atoms with E-state index in [1.54, 1.807) is 11.0 Å². The van der Waals surface area contributed by atoms with Crippen LogP contribution in [0, 0.1) is 0 Å². The molecule has 1 aromatic heterocycles. The number of rotatable bonds is 8. The molecule has 0 radical (unpaired) electrons. The number of aromatic nitrogens is 3. The van der Waals surface area contributed by atoms with Crippen molar-refractivity contribution in [1.82, 2.24) is 20.1 Å². The highest BCUT2D eigenvalue weighted by Crippen LogP contribution is 2.28. The fourth-order valence-electron chi connectivity index (χ4n) is 2.35. The van der Waals surface area contributed by atoms with E-state index in [2.05, 4.69) is 35.3 Å². The summed E-state index contributed by atoms with van der Waals surface area (Å²) in [6.45, 7) is 6.81. The highest BCUT2D eigenvalue weighted by Gasteiger charge is 2.12. The summed E-state index contributed by atoms with van der Waals surface area (Å²) in [5.41, 5.74) is 1.14. The van der Waals surface area contributed by atoms with E-state index in [9.17, 15) is 4.79 Å². The average molecular weight is 316 g/mol. The van der Waals surface area contributed by atoms with Crippen LogP contribution in [0.1, 0.15) is 38.7 Å². The molecule has 0 fully saturated rings. The van der Waals surface area contributed by atoms with Crippen molar-refractivity contribution < 1.29 is 9.53 Å². The summed E-state index contributed by atoms with van der Waals surface area (Å²) in [7, 11) is 0. The molecule has 1 N–H and O–H groups in total. The molecule has 0 saturated carbocycles. The van der Waals surface area contributed by atoms with Gasteiger partial charge in [-0.3, -0.25) is 9.48 Å². The Morgan fingerprint density at radius 2 is 2.13 bits per heavy atom. The molecular formula is C17H24N4O2. The Morgan fingerprint density at radius 3 is 2.83 bits per heavy atom. The lowest BCUT2D eigenvalue weighted by molar-refractivity contribution is -0.123. The van der Waals surface area contributed by atoms with Crippen molar-refractivity contribution in [2.75, 3.05) is 6.61 Å². The monoisotopic (exact) mass is 316 g/mol. The van der Waals surface area contributed by atoms with Gasteiger partial charge in [0.1, 0.15) is 18.4 Å². The number of hydrogen-bond donors (Lipinski definition) is 1. The Labute approximate surface area is 136 Å².